The first kappa shape index (κ1) is 19.1. The van der Waals surface area contributed by atoms with Gasteiger partial charge in [0.15, 0.2) is 16.3 Å². The van der Waals surface area contributed by atoms with Gasteiger partial charge in [0.2, 0.25) is 6.79 Å². The second-order valence-corrected chi connectivity index (χ2v) is 8.79. The van der Waals surface area contributed by atoms with Crippen LogP contribution in [0.25, 0.3) is 10.2 Å². The molecule has 1 aliphatic rings. The molecule has 5 nitrogen and oxygen atoms in total. The highest BCUT2D eigenvalue weighted by Gasteiger charge is 2.15. The maximum atomic E-state index is 12.7. The third-order valence-electron chi connectivity index (χ3n) is 4.65. The van der Waals surface area contributed by atoms with Gasteiger partial charge < -0.3 is 14.0 Å². The molecule has 2 aromatic carbocycles. The summed E-state index contributed by atoms with van der Waals surface area (Å²) in [5.74, 6) is 2.23. The highest BCUT2D eigenvalue weighted by Crippen LogP contribution is 2.32. The standard InChI is InChI=1S/C21H22N2O3S2/c1-13-8-14(2)20-16(9-13)23(6-7-27-3)21(28-20)22-19(24)11-15-4-5-17-18(10-15)26-12-25-17/h4-5,8-10H,6-7,11-12H2,1-3H3. The van der Waals surface area contributed by atoms with Crippen LogP contribution in [0.1, 0.15) is 16.7 Å². The lowest BCUT2D eigenvalue weighted by molar-refractivity contribution is -0.117. The van der Waals surface area contributed by atoms with Gasteiger partial charge in [0.25, 0.3) is 5.91 Å². The van der Waals surface area contributed by atoms with Gasteiger partial charge in [0.05, 0.1) is 16.6 Å². The summed E-state index contributed by atoms with van der Waals surface area (Å²) in [5.41, 5.74) is 4.48. The van der Waals surface area contributed by atoms with E-state index in [9.17, 15) is 4.79 Å². The van der Waals surface area contributed by atoms with Crippen LogP contribution >= 0.6 is 23.1 Å². The zero-order chi connectivity index (χ0) is 19.7. The minimum absolute atomic E-state index is 0.155. The van der Waals surface area contributed by atoms with Crippen molar-refractivity contribution in [1.82, 2.24) is 4.57 Å². The summed E-state index contributed by atoms with van der Waals surface area (Å²) in [6.07, 6.45) is 2.33. The van der Waals surface area contributed by atoms with E-state index in [1.165, 1.54) is 15.8 Å². The van der Waals surface area contributed by atoms with E-state index in [0.29, 0.717) is 5.75 Å². The van der Waals surface area contributed by atoms with Crippen LogP contribution in [0, 0.1) is 13.8 Å². The van der Waals surface area contributed by atoms with Crippen molar-refractivity contribution in [2.75, 3.05) is 18.8 Å². The van der Waals surface area contributed by atoms with Crippen molar-refractivity contribution in [1.29, 1.82) is 0 Å². The summed E-state index contributed by atoms with van der Waals surface area (Å²) < 4.78 is 14.1. The van der Waals surface area contributed by atoms with E-state index < -0.39 is 0 Å². The van der Waals surface area contributed by atoms with Crippen LogP contribution in [0.5, 0.6) is 11.5 Å². The van der Waals surface area contributed by atoms with E-state index in [0.717, 1.165) is 33.9 Å². The molecule has 0 aliphatic carbocycles. The molecular formula is C21H22N2O3S2. The Hall–Kier alpha value is -2.25. The maximum absolute atomic E-state index is 12.7. The van der Waals surface area contributed by atoms with Gasteiger partial charge in [-0.25, -0.2) is 0 Å². The van der Waals surface area contributed by atoms with Gasteiger partial charge in [-0.15, -0.1) is 0 Å². The molecule has 0 saturated carbocycles. The molecule has 0 N–H and O–H groups in total. The third kappa shape index (κ3) is 3.82. The first-order valence-electron chi connectivity index (χ1n) is 9.11. The number of thioether (sulfide) groups is 1. The molecule has 146 valence electrons. The summed E-state index contributed by atoms with van der Waals surface area (Å²) in [6, 6.07) is 9.95. The Labute approximate surface area is 172 Å². The van der Waals surface area contributed by atoms with Crippen molar-refractivity contribution in [3.63, 3.8) is 0 Å². The number of benzene rings is 2. The maximum Gasteiger partial charge on any atom is 0.252 e. The van der Waals surface area contributed by atoms with Crippen molar-refractivity contribution in [3.8, 4) is 11.5 Å². The van der Waals surface area contributed by atoms with Gasteiger partial charge in [-0.05, 0) is 55.0 Å². The Morgan fingerprint density at radius 2 is 2.04 bits per heavy atom. The Morgan fingerprint density at radius 1 is 1.21 bits per heavy atom. The number of hydrogen-bond acceptors (Lipinski definition) is 5. The van der Waals surface area contributed by atoms with Crippen molar-refractivity contribution in [2.45, 2.75) is 26.8 Å². The Balaban J connectivity index is 1.69. The van der Waals surface area contributed by atoms with Crippen molar-refractivity contribution in [3.05, 3.63) is 51.8 Å². The van der Waals surface area contributed by atoms with Crippen LogP contribution in [-0.2, 0) is 17.8 Å². The van der Waals surface area contributed by atoms with Crippen LogP contribution in [-0.4, -0.2) is 29.3 Å². The average molecular weight is 415 g/mol. The third-order valence-corrected chi connectivity index (χ3v) is 6.47. The van der Waals surface area contributed by atoms with Crippen LogP contribution in [0.4, 0.5) is 0 Å². The largest absolute Gasteiger partial charge is 0.454 e. The summed E-state index contributed by atoms with van der Waals surface area (Å²) in [5, 5.41) is 0. The number of fused-ring (bicyclic) bond motifs is 2. The van der Waals surface area contributed by atoms with E-state index in [2.05, 4.69) is 41.8 Å². The van der Waals surface area contributed by atoms with Gasteiger partial charge >= 0.3 is 0 Å². The predicted octanol–water partition coefficient (Wildman–Crippen LogP) is 4.08. The minimum Gasteiger partial charge on any atom is -0.454 e. The molecule has 0 atom stereocenters. The number of amides is 1. The van der Waals surface area contributed by atoms with Crippen LogP contribution in [0.15, 0.2) is 35.3 Å². The zero-order valence-corrected chi connectivity index (χ0v) is 17.8. The molecule has 4 rings (SSSR count). The quantitative estimate of drug-likeness (QED) is 0.631. The molecule has 0 spiro atoms. The molecule has 28 heavy (non-hydrogen) atoms. The van der Waals surface area contributed by atoms with Gasteiger partial charge in [0.1, 0.15) is 0 Å². The summed E-state index contributed by atoms with van der Waals surface area (Å²) in [4.78, 5) is 17.9. The fraction of sp³-hybridized carbons (Fsp3) is 0.333. The lowest BCUT2D eigenvalue weighted by Gasteiger charge is -2.05. The topological polar surface area (TPSA) is 52.8 Å². The first-order valence-corrected chi connectivity index (χ1v) is 11.3. The van der Waals surface area contributed by atoms with Gasteiger partial charge in [-0.1, -0.05) is 23.5 Å². The number of nitrogens with zero attached hydrogens (tertiary/aromatic N) is 2. The zero-order valence-electron chi connectivity index (χ0n) is 16.2. The molecule has 2 heterocycles. The van der Waals surface area contributed by atoms with Crippen LogP contribution < -0.4 is 14.3 Å². The molecule has 0 bridgehead atoms. The second-order valence-electron chi connectivity index (χ2n) is 6.83. The highest BCUT2D eigenvalue weighted by molar-refractivity contribution is 7.98. The van der Waals surface area contributed by atoms with Crippen LogP contribution in [0.3, 0.4) is 0 Å². The molecule has 1 aromatic heterocycles. The normalized spacial score (nSPS) is 13.5. The van der Waals surface area contributed by atoms with Gasteiger partial charge in [-0.2, -0.15) is 16.8 Å². The molecule has 1 aliphatic heterocycles. The fourth-order valence-corrected chi connectivity index (χ4v) is 4.86. The summed E-state index contributed by atoms with van der Waals surface area (Å²) in [7, 11) is 0. The molecule has 0 radical (unpaired) electrons. The lowest BCUT2D eigenvalue weighted by atomic mass is 10.1. The van der Waals surface area contributed by atoms with Crippen molar-refractivity contribution in [2.24, 2.45) is 4.99 Å². The Bertz CT molecular complexity index is 1110. The Kier molecular flexibility index (Phi) is 5.46. The lowest BCUT2D eigenvalue weighted by Crippen LogP contribution is -2.18. The molecule has 0 unspecified atom stereocenters. The number of aryl methyl sites for hydroxylation is 3. The molecule has 0 fully saturated rings. The van der Waals surface area contributed by atoms with Crippen molar-refractivity contribution < 1.29 is 14.3 Å². The van der Waals surface area contributed by atoms with E-state index in [-0.39, 0.29) is 19.1 Å². The van der Waals surface area contributed by atoms with E-state index in [1.807, 2.05) is 18.2 Å². The highest BCUT2D eigenvalue weighted by atomic mass is 32.2. The van der Waals surface area contributed by atoms with E-state index in [4.69, 9.17) is 9.47 Å². The van der Waals surface area contributed by atoms with E-state index in [1.54, 1.807) is 23.1 Å². The van der Waals surface area contributed by atoms with Gasteiger partial charge in [-0.3, -0.25) is 4.79 Å². The number of rotatable bonds is 5. The minimum atomic E-state index is -0.155. The molecule has 7 heteroatoms. The second kappa shape index (κ2) is 8.01. The van der Waals surface area contributed by atoms with Gasteiger partial charge in [0, 0.05) is 12.3 Å². The number of carbonyl (C=O) groups is 1. The molecular weight excluding hydrogens is 392 g/mol. The summed E-state index contributed by atoms with van der Waals surface area (Å²) >= 11 is 3.38. The fourth-order valence-electron chi connectivity index (χ4n) is 3.37. The first-order chi connectivity index (χ1) is 13.5. The number of carbonyl (C=O) groups excluding carboxylic acids is 1. The monoisotopic (exact) mass is 414 g/mol. The smallest absolute Gasteiger partial charge is 0.252 e. The molecule has 3 aromatic rings. The number of thiazole rings is 1. The Morgan fingerprint density at radius 3 is 2.86 bits per heavy atom. The number of aromatic nitrogens is 1. The average Bonchev–Trinajstić information content (AvgIpc) is 3.24. The number of hydrogen-bond donors (Lipinski definition) is 0. The van der Waals surface area contributed by atoms with Crippen molar-refractivity contribution >= 4 is 39.2 Å². The van der Waals surface area contributed by atoms with Crippen LogP contribution in [0.2, 0.25) is 0 Å². The SMILES string of the molecule is CSCCn1c(=NC(=O)Cc2ccc3c(c2)OCO3)sc2c(C)cc(C)cc21. The summed E-state index contributed by atoms with van der Waals surface area (Å²) in [6.45, 7) is 5.28. The van der Waals surface area contributed by atoms with E-state index >= 15 is 0 Å². The molecule has 1 amide bonds. The predicted molar refractivity (Wildman–Crippen MR) is 115 cm³/mol. The molecule has 0 saturated heterocycles. The number of ether oxygens (including phenoxy) is 2.